The zero-order valence-corrected chi connectivity index (χ0v) is 11.4. The van der Waals surface area contributed by atoms with E-state index in [1.165, 1.54) is 39.2 Å². The second-order valence-corrected chi connectivity index (χ2v) is 4.30. The normalized spacial score (nSPS) is 9.53. The van der Waals surface area contributed by atoms with Gasteiger partial charge in [-0.25, -0.2) is 0 Å². The van der Waals surface area contributed by atoms with Gasteiger partial charge in [-0.3, -0.25) is 4.79 Å². The molecule has 0 aromatic heterocycles. The molecular formula is C15H26O2. The van der Waals surface area contributed by atoms with E-state index >= 15 is 0 Å². The van der Waals surface area contributed by atoms with E-state index in [4.69, 9.17) is 0 Å². The van der Waals surface area contributed by atoms with Gasteiger partial charge in [0.25, 0.3) is 0 Å². The summed E-state index contributed by atoms with van der Waals surface area (Å²) >= 11 is 0. The van der Waals surface area contributed by atoms with Gasteiger partial charge in [0.2, 0.25) is 0 Å². The number of ether oxygens (including phenoxy) is 1. The van der Waals surface area contributed by atoms with Crippen LogP contribution < -0.4 is 0 Å². The maximum atomic E-state index is 10.8. The predicted octanol–water partition coefficient (Wildman–Crippen LogP) is 4.08. The summed E-state index contributed by atoms with van der Waals surface area (Å²) in [4.78, 5) is 10.8. The van der Waals surface area contributed by atoms with E-state index in [1.807, 2.05) is 0 Å². The molecule has 0 atom stereocenters. The molecule has 98 valence electrons. The number of unbranched alkanes of at least 4 members (excludes halogenated alkanes) is 7. The third-order valence-electron chi connectivity index (χ3n) is 2.69. The predicted molar refractivity (Wildman–Crippen MR) is 71.6 cm³/mol. The van der Waals surface area contributed by atoms with E-state index in [0.29, 0.717) is 6.42 Å². The fourth-order valence-electron chi connectivity index (χ4n) is 1.58. The van der Waals surface area contributed by atoms with Gasteiger partial charge in [-0.1, -0.05) is 32.6 Å². The molecule has 0 aromatic rings. The van der Waals surface area contributed by atoms with Crippen molar-refractivity contribution in [1.82, 2.24) is 0 Å². The first-order valence-electron chi connectivity index (χ1n) is 6.83. The van der Waals surface area contributed by atoms with Crippen LogP contribution >= 0.6 is 0 Å². The van der Waals surface area contributed by atoms with Crippen LogP contribution in [0, 0.1) is 11.8 Å². The molecule has 0 saturated heterocycles. The minimum Gasteiger partial charge on any atom is -0.469 e. The Morgan fingerprint density at radius 1 is 0.941 bits per heavy atom. The monoisotopic (exact) mass is 238 g/mol. The van der Waals surface area contributed by atoms with Crippen LogP contribution in [0.5, 0.6) is 0 Å². The Labute approximate surface area is 106 Å². The maximum absolute atomic E-state index is 10.8. The number of hydrogen-bond donors (Lipinski definition) is 0. The molecule has 0 amide bonds. The Balaban J connectivity index is 3.18. The zero-order valence-electron chi connectivity index (χ0n) is 11.4. The Hall–Kier alpha value is -0.970. The lowest BCUT2D eigenvalue weighted by Crippen LogP contribution is -1.98. The van der Waals surface area contributed by atoms with E-state index in [9.17, 15) is 4.79 Å². The minimum atomic E-state index is -0.117. The van der Waals surface area contributed by atoms with Gasteiger partial charge >= 0.3 is 5.97 Å². The number of carbonyl (C=O) groups excluding carboxylic acids is 1. The van der Waals surface area contributed by atoms with Crippen LogP contribution in [0.3, 0.4) is 0 Å². The van der Waals surface area contributed by atoms with Crippen molar-refractivity contribution in [3.05, 3.63) is 0 Å². The molecule has 0 heterocycles. The van der Waals surface area contributed by atoms with E-state index < -0.39 is 0 Å². The Bertz CT molecular complexity index is 235. The lowest BCUT2D eigenvalue weighted by atomic mass is 10.1. The van der Waals surface area contributed by atoms with E-state index in [-0.39, 0.29) is 5.97 Å². The van der Waals surface area contributed by atoms with Crippen LogP contribution in [0.15, 0.2) is 0 Å². The summed E-state index contributed by atoms with van der Waals surface area (Å²) in [5, 5.41) is 0. The van der Waals surface area contributed by atoms with Gasteiger partial charge in [0.05, 0.1) is 7.11 Å². The molecule has 0 N–H and O–H groups in total. The second-order valence-electron chi connectivity index (χ2n) is 4.30. The second kappa shape index (κ2) is 13.1. The van der Waals surface area contributed by atoms with Crippen LogP contribution in [0.25, 0.3) is 0 Å². The van der Waals surface area contributed by atoms with Crippen LogP contribution in [0.1, 0.15) is 71.1 Å². The van der Waals surface area contributed by atoms with E-state index in [2.05, 4.69) is 23.5 Å². The Kier molecular flexibility index (Phi) is 12.3. The van der Waals surface area contributed by atoms with Gasteiger partial charge in [-0.2, -0.15) is 0 Å². The molecule has 0 spiro atoms. The summed E-state index contributed by atoms with van der Waals surface area (Å²) in [5.74, 6) is 6.25. The molecule has 0 saturated carbocycles. The van der Waals surface area contributed by atoms with Crippen LogP contribution in [0.2, 0.25) is 0 Å². The Morgan fingerprint density at radius 3 is 2.12 bits per heavy atom. The summed E-state index contributed by atoms with van der Waals surface area (Å²) in [7, 11) is 1.43. The van der Waals surface area contributed by atoms with Crippen molar-refractivity contribution >= 4 is 5.97 Å². The molecule has 0 unspecified atom stereocenters. The molecule has 0 aliphatic carbocycles. The van der Waals surface area contributed by atoms with Crippen molar-refractivity contribution in [2.75, 3.05) is 7.11 Å². The SMILES string of the molecule is CCCCCCCC#CCCCCC(=O)OC. The lowest BCUT2D eigenvalue weighted by Gasteiger charge is -1.96. The van der Waals surface area contributed by atoms with Crippen molar-refractivity contribution < 1.29 is 9.53 Å². The third-order valence-corrected chi connectivity index (χ3v) is 2.69. The molecule has 0 rings (SSSR count). The van der Waals surface area contributed by atoms with Gasteiger partial charge in [0.1, 0.15) is 0 Å². The molecule has 0 fully saturated rings. The summed E-state index contributed by atoms with van der Waals surface area (Å²) in [6.45, 7) is 2.23. The standard InChI is InChI=1S/C15H26O2/c1-3-4-5-6-7-8-9-10-11-12-13-14-15(16)17-2/h3-8,11-14H2,1-2H3. The highest BCUT2D eigenvalue weighted by atomic mass is 16.5. The Morgan fingerprint density at radius 2 is 1.53 bits per heavy atom. The van der Waals surface area contributed by atoms with Gasteiger partial charge in [-0.15, -0.1) is 11.8 Å². The molecular weight excluding hydrogens is 212 g/mol. The first kappa shape index (κ1) is 16.0. The number of methoxy groups -OCH3 is 1. The molecule has 17 heavy (non-hydrogen) atoms. The average Bonchev–Trinajstić information content (AvgIpc) is 2.35. The van der Waals surface area contributed by atoms with Crippen molar-refractivity contribution in [3.8, 4) is 11.8 Å². The van der Waals surface area contributed by atoms with E-state index in [0.717, 1.165) is 25.7 Å². The van der Waals surface area contributed by atoms with E-state index in [1.54, 1.807) is 0 Å². The number of rotatable bonds is 9. The average molecular weight is 238 g/mol. The van der Waals surface area contributed by atoms with Gasteiger partial charge in [-0.05, 0) is 19.3 Å². The highest BCUT2D eigenvalue weighted by molar-refractivity contribution is 5.68. The molecule has 0 aliphatic heterocycles. The quantitative estimate of drug-likeness (QED) is 0.343. The fraction of sp³-hybridized carbons (Fsp3) is 0.800. The highest BCUT2D eigenvalue weighted by Crippen LogP contribution is 2.04. The zero-order chi connectivity index (χ0) is 12.8. The summed E-state index contributed by atoms with van der Waals surface area (Å²) in [5.41, 5.74) is 0. The largest absolute Gasteiger partial charge is 0.469 e. The van der Waals surface area contributed by atoms with Crippen molar-refractivity contribution in [3.63, 3.8) is 0 Å². The number of esters is 1. The molecule has 0 bridgehead atoms. The topological polar surface area (TPSA) is 26.3 Å². The minimum absolute atomic E-state index is 0.117. The summed E-state index contributed by atoms with van der Waals surface area (Å²) in [6, 6.07) is 0. The molecule has 0 radical (unpaired) electrons. The van der Waals surface area contributed by atoms with Gasteiger partial charge in [0.15, 0.2) is 0 Å². The maximum Gasteiger partial charge on any atom is 0.305 e. The first-order chi connectivity index (χ1) is 8.31. The number of carbonyl (C=O) groups is 1. The lowest BCUT2D eigenvalue weighted by molar-refractivity contribution is -0.140. The van der Waals surface area contributed by atoms with Gasteiger partial charge in [0, 0.05) is 19.3 Å². The third kappa shape index (κ3) is 13.0. The molecule has 2 heteroatoms. The molecule has 0 aromatic carbocycles. The van der Waals surface area contributed by atoms with Crippen molar-refractivity contribution in [2.45, 2.75) is 71.1 Å². The smallest absolute Gasteiger partial charge is 0.305 e. The first-order valence-corrected chi connectivity index (χ1v) is 6.83. The van der Waals surface area contributed by atoms with Crippen molar-refractivity contribution in [2.24, 2.45) is 0 Å². The highest BCUT2D eigenvalue weighted by Gasteiger charge is 1.97. The number of hydrogen-bond acceptors (Lipinski definition) is 2. The summed E-state index contributed by atoms with van der Waals surface area (Å²) < 4.78 is 4.57. The molecule has 0 aliphatic rings. The van der Waals surface area contributed by atoms with Crippen LogP contribution in [0.4, 0.5) is 0 Å². The fourth-order valence-corrected chi connectivity index (χ4v) is 1.58. The van der Waals surface area contributed by atoms with Gasteiger partial charge < -0.3 is 4.74 Å². The van der Waals surface area contributed by atoms with Crippen LogP contribution in [-0.4, -0.2) is 13.1 Å². The molecule has 2 nitrogen and oxygen atoms in total. The summed E-state index contributed by atoms with van der Waals surface area (Å²) in [6.07, 6.45) is 10.9. The van der Waals surface area contributed by atoms with Crippen molar-refractivity contribution in [1.29, 1.82) is 0 Å². The van der Waals surface area contributed by atoms with Crippen LogP contribution in [-0.2, 0) is 9.53 Å².